The maximum Gasteiger partial charge on any atom is 0.413 e. The highest BCUT2D eigenvalue weighted by Crippen LogP contribution is 2.16. The van der Waals surface area contributed by atoms with Crippen molar-refractivity contribution in [2.45, 2.75) is 79.0 Å². The average Bonchev–Trinajstić information content (AvgIpc) is 2.88. The van der Waals surface area contributed by atoms with Crippen molar-refractivity contribution in [1.29, 1.82) is 0 Å². The summed E-state index contributed by atoms with van der Waals surface area (Å²) < 4.78 is 5.26. The quantitative estimate of drug-likeness (QED) is 0.673. The van der Waals surface area contributed by atoms with Crippen LogP contribution in [0.1, 0.15) is 66.4 Å². The third-order valence-electron chi connectivity index (χ3n) is 3.80. The van der Waals surface area contributed by atoms with E-state index in [1.165, 1.54) is 6.42 Å². The van der Waals surface area contributed by atoms with Gasteiger partial charge in [0.1, 0.15) is 11.4 Å². The second-order valence-corrected chi connectivity index (χ2v) is 7.13. The fourth-order valence-corrected chi connectivity index (χ4v) is 2.26. The monoisotopic (exact) mass is 324 g/mol. The number of ether oxygens (including phenoxy) is 1. The number of rotatable bonds is 8. The molecular weight excluding hydrogens is 292 g/mol. The minimum absolute atomic E-state index is 0.467. The van der Waals surface area contributed by atoms with Crippen LogP contribution in [0.15, 0.2) is 6.20 Å². The van der Waals surface area contributed by atoms with Crippen molar-refractivity contribution in [3.8, 4) is 0 Å². The first-order valence-electron chi connectivity index (χ1n) is 8.50. The lowest BCUT2D eigenvalue weighted by Crippen LogP contribution is -2.30. The number of anilines is 1. The number of aromatic nitrogens is 2. The van der Waals surface area contributed by atoms with E-state index in [1.54, 1.807) is 6.20 Å². The van der Waals surface area contributed by atoms with E-state index >= 15 is 0 Å². The van der Waals surface area contributed by atoms with Crippen molar-refractivity contribution in [1.82, 2.24) is 15.5 Å². The van der Waals surface area contributed by atoms with Crippen LogP contribution in [0.2, 0.25) is 0 Å². The second-order valence-electron chi connectivity index (χ2n) is 7.13. The number of hydrogen-bond donors (Lipinski definition) is 3. The molecule has 6 nitrogen and oxygen atoms in total. The molecule has 0 aliphatic carbocycles. The van der Waals surface area contributed by atoms with Crippen LogP contribution in [0.3, 0.4) is 0 Å². The Bertz CT molecular complexity index is 479. The summed E-state index contributed by atoms with van der Waals surface area (Å²) in [5.41, 5.74) is 0.407. The summed E-state index contributed by atoms with van der Waals surface area (Å²) in [5.74, 6) is 1.29. The molecule has 0 aliphatic heterocycles. The van der Waals surface area contributed by atoms with Gasteiger partial charge in [-0.25, -0.2) is 4.79 Å². The Kier molecular flexibility index (Phi) is 7.55. The van der Waals surface area contributed by atoms with Gasteiger partial charge in [-0.2, -0.15) is 5.10 Å². The second kappa shape index (κ2) is 8.91. The van der Waals surface area contributed by atoms with Crippen LogP contribution in [-0.4, -0.2) is 27.9 Å². The Morgan fingerprint density at radius 2 is 2.04 bits per heavy atom. The van der Waals surface area contributed by atoms with E-state index in [-0.39, 0.29) is 0 Å². The van der Waals surface area contributed by atoms with Gasteiger partial charge in [-0.1, -0.05) is 27.2 Å². The third kappa shape index (κ3) is 7.50. The van der Waals surface area contributed by atoms with E-state index < -0.39 is 11.7 Å². The Morgan fingerprint density at radius 1 is 1.35 bits per heavy atom. The number of H-pyrrole nitrogens is 1. The van der Waals surface area contributed by atoms with E-state index in [9.17, 15) is 4.79 Å². The smallest absolute Gasteiger partial charge is 0.413 e. The molecule has 1 amide bonds. The number of carbonyl (C=O) groups is 1. The summed E-state index contributed by atoms with van der Waals surface area (Å²) in [7, 11) is 0. The number of nitrogens with one attached hydrogen (secondary N) is 3. The van der Waals surface area contributed by atoms with Gasteiger partial charge in [-0.15, -0.1) is 0 Å². The molecule has 0 aliphatic rings. The highest BCUT2D eigenvalue weighted by Gasteiger charge is 2.18. The Balaban J connectivity index is 2.56. The third-order valence-corrected chi connectivity index (χ3v) is 3.80. The van der Waals surface area contributed by atoms with Crippen molar-refractivity contribution in [2.75, 3.05) is 5.32 Å². The molecule has 1 aromatic rings. The predicted octanol–water partition coefficient (Wildman–Crippen LogP) is 4.06. The number of aromatic amines is 1. The van der Waals surface area contributed by atoms with Crippen LogP contribution in [0.5, 0.6) is 0 Å². The fourth-order valence-electron chi connectivity index (χ4n) is 2.26. The molecule has 0 fully saturated rings. The van der Waals surface area contributed by atoms with E-state index in [0.29, 0.717) is 24.3 Å². The normalized spacial score (nSPS) is 14.3. The molecule has 1 rings (SSSR count). The number of hydrogen-bond acceptors (Lipinski definition) is 4. The first kappa shape index (κ1) is 19.5. The van der Waals surface area contributed by atoms with E-state index in [4.69, 9.17) is 4.74 Å². The molecule has 2 unspecified atom stereocenters. The van der Waals surface area contributed by atoms with Gasteiger partial charge in [-0.05, 0) is 39.5 Å². The summed E-state index contributed by atoms with van der Waals surface area (Å²) >= 11 is 0. The highest BCUT2D eigenvalue weighted by molar-refractivity contribution is 5.84. The summed E-state index contributed by atoms with van der Waals surface area (Å²) in [4.78, 5) is 11.9. The van der Waals surface area contributed by atoms with Crippen LogP contribution < -0.4 is 10.6 Å². The van der Waals surface area contributed by atoms with E-state index in [2.05, 4.69) is 41.6 Å². The van der Waals surface area contributed by atoms with Gasteiger partial charge in [0.2, 0.25) is 0 Å². The summed E-state index contributed by atoms with van der Waals surface area (Å²) in [6.45, 7) is 12.9. The molecule has 0 spiro atoms. The van der Waals surface area contributed by atoms with Crippen molar-refractivity contribution >= 4 is 11.9 Å². The molecule has 6 heteroatoms. The van der Waals surface area contributed by atoms with Gasteiger partial charge in [0, 0.05) is 18.2 Å². The zero-order valence-electron chi connectivity index (χ0n) is 15.3. The Hall–Kier alpha value is -1.56. The molecule has 0 saturated heterocycles. The summed E-state index contributed by atoms with van der Waals surface area (Å²) in [6, 6.07) is 0.467. The largest absolute Gasteiger partial charge is 0.444 e. The molecule has 132 valence electrons. The zero-order chi connectivity index (χ0) is 17.5. The lowest BCUT2D eigenvalue weighted by molar-refractivity contribution is 0.0635. The molecule has 0 bridgehead atoms. The summed E-state index contributed by atoms with van der Waals surface area (Å²) in [5, 5.41) is 13.1. The van der Waals surface area contributed by atoms with Gasteiger partial charge < -0.3 is 10.1 Å². The molecule has 0 radical (unpaired) electrons. The lowest BCUT2D eigenvalue weighted by Gasteiger charge is -2.21. The lowest BCUT2D eigenvalue weighted by atomic mass is 9.98. The average molecular weight is 324 g/mol. The van der Waals surface area contributed by atoms with Crippen LogP contribution in [0.4, 0.5) is 10.6 Å². The van der Waals surface area contributed by atoms with E-state index in [1.807, 2.05) is 20.8 Å². The highest BCUT2D eigenvalue weighted by atomic mass is 16.6. The van der Waals surface area contributed by atoms with Crippen molar-refractivity contribution in [3.05, 3.63) is 11.8 Å². The molecule has 0 saturated carbocycles. The molecule has 23 heavy (non-hydrogen) atoms. The van der Waals surface area contributed by atoms with Crippen LogP contribution in [0, 0.1) is 5.92 Å². The maximum absolute atomic E-state index is 11.9. The van der Waals surface area contributed by atoms with Crippen molar-refractivity contribution in [2.24, 2.45) is 5.92 Å². The molecule has 3 N–H and O–H groups in total. The maximum atomic E-state index is 11.9. The van der Waals surface area contributed by atoms with Gasteiger partial charge in [0.05, 0.1) is 6.20 Å². The minimum atomic E-state index is -0.522. The van der Waals surface area contributed by atoms with Gasteiger partial charge >= 0.3 is 6.09 Å². The van der Waals surface area contributed by atoms with Crippen molar-refractivity contribution in [3.63, 3.8) is 0 Å². The first-order valence-corrected chi connectivity index (χ1v) is 8.50. The number of carbonyl (C=O) groups excluding carboxylic acids is 1. The summed E-state index contributed by atoms with van der Waals surface area (Å²) in [6.07, 6.45) is 4.68. The Morgan fingerprint density at radius 3 is 2.61 bits per heavy atom. The molecular formula is C17H32N4O2. The predicted molar refractivity (Wildman–Crippen MR) is 93.4 cm³/mol. The van der Waals surface area contributed by atoms with Gasteiger partial charge in [0.25, 0.3) is 0 Å². The van der Waals surface area contributed by atoms with Gasteiger partial charge in [0.15, 0.2) is 0 Å². The minimum Gasteiger partial charge on any atom is -0.444 e. The first-order chi connectivity index (χ1) is 10.7. The molecule has 1 aromatic heterocycles. The molecule has 2 atom stereocenters. The van der Waals surface area contributed by atoms with Crippen LogP contribution in [0.25, 0.3) is 0 Å². The topological polar surface area (TPSA) is 79.0 Å². The fraction of sp³-hybridized carbons (Fsp3) is 0.765. The van der Waals surface area contributed by atoms with Crippen LogP contribution in [-0.2, 0) is 11.3 Å². The number of nitrogens with zero attached hydrogens (tertiary/aromatic N) is 1. The standard InChI is InChI=1S/C17H32N4O2/c1-7-12(3)9-14(8-2)18-10-13-11-19-21-15(13)20-16(22)23-17(4,5)6/h11-12,14,18H,7-10H2,1-6H3,(H2,19,20,21,22). The van der Waals surface area contributed by atoms with Crippen molar-refractivity contribution < 1.29 is 9.53 Å². The Labute approximate surface area is 139 Å². The number of amides is 1. The van der Waals surface area contributed by atoms with E-state index in [0.717, 1.165) is 18.4 Å². The van der Waals surface area contributed by atoms with Crippen LogP contribution >= 0.6 is 0 Å². The molecule has 0 aromatic carbocycles. The zero-order valence-corrected chi connectivity index (χ0v) is 15.3. The SMILES string of the molecule is CCC(C)CC(CC)NCc1cn[nH]c1NC(=O)OC(C)(C)C. The van der Waals surface area contributed by atoms with Gasteiger partial charge in [-0.3, -0.25) is 10.4 Å². The molecule has 1 heterocycles.